The molecule has 0 fully saturated rings. The van der Waals surface area contributed by atoms with Crippen LogP contribution in [0.3, 0.4) is 0 Å². The van der Waals surface area contributed by atoms with Crippen LogP contribution in [-0.4, -0.2) is 29.2 Å². The fourth-order valence-electron chi connectivity index (χ4n) is 2.81. The third kappa shape index (κ3) is 2.85. The van der Waals surface area contributed by atoms with Crippen LogP contribution in [0, 0.1) is 0 Å². The van der Waals surface area contributed by atoms with Crippen LogP contribution < -0.4 is 10.2 Å². The first-order valence-corrected chi connectivity index (χ1v) is 7.33. The Morgan fingerprint density at radius 3 is 3.05 bits per heavy atom. The number of nitrogens with one attached hydrogen (secondary N) is 1. The molecule has 2 heterocycles. The number of nitrogens with zero attached hydrogens (tertiary/aromatic N) is 3. The molecule has 0 radical (unpaired) electrons. The minimum absolute atomic E-state index is 0.896. The third-order valence-corrected chi connectivity index (χ3v) is 3.99. The van der Waals surface area contributed by atoms with E-state index in [0.717, 1.165) is 19.6 Å². The highest BCUT2D eigenvalue weighted by Crippen LogP contribution is 2.27. The van der Waals surface area contributed by atoms with E-state index >= 15 is 0 Å². The van der Waals surface area contributed by atoms with Crippen LogP contribution in [0.15, 0.2) is 36.8 Å². The zero-order chi connectivity index (χ0) is 13.8. The van der Waals surface area contributed by atoms with Crippen molar-refractivity contribution in [1.29, 1.82) is 0 Å². The molecule has 4 heteroatoms. The molecule has 1 aromatic heterocycles. The standard InChI is InChI=1S/C16H22N4/c1-19-13-18-12-15(19)11-17-8-4-9-20-10-7-14-5-2-3-6-16(14)20/h2-3,5-6,12-13,17H,4,7-11H2,1H3. The van der Waals surface area contributed by atoms with E-state index in [-0.39, 0.29) is 0 Å². The van der Waals surface area contributed by atoms with Crippen LogP contribution >= 0.6 is 0 Å². The lowest BCUT2D eigenvalue weighted by Crippen LogP contribution is -2.25. The Morgan fingerprint density at radius 1 is 1.30 bits per heavy atom. The fourth-order valence-corrected chi connectivity index (χ4v) is 2.81. The largest absolute Gasteiger partial charge is 0.371 e. The second-order valence-electron chi connectivity index (χ2n) is 5.39. The molecule has 3 rings (SSSR count). The highest BCUT2D eigenvalue weighted by atomic mass is 15.1. The van der Waals surface area contributed by atoms with Gasteiger partial charge < -0.3 is 14.8 Å². The van der Waals surface area contributed by atoms with Crippen molar-refractivity contribution < 1.29 is 0 Å². The van der Waals surface area contributed by atoms with Crippen molar-refractivity contribution in [3.63, 3.8) is 0 Å². The highest BCUT2D eigenvalue weighted by Gasteiger charge is 2.17. The quantitative estimate of drug-likeness (QED) is 0.815. The van der Waals surface area contributed by atoms with E-state index in [1.165, 1.54) is 36.3 Å². The number of aromatic nitrogens is 2. The van der Waals surface area contributed by atoms with E-state index in [0.29, 0.717) is 0 Å². The summed E-state index contributed by atoms with van der Waals surface area (Å²) >= 11 is 0. The second-order valence-corrected chi connectivity index (χ2v) is 5.39. The average molecular weight is 270 g/mol. The monoisotopic (exact) mass is 270 g/mol. The molecule has 0 aliphatic carbocycles. The summed E-state index contributed by atoms with van der Waals surface area (Å²) in [5.74, 6) is 0. The van der Waals surface area contributed by atoms with Crippen LogP contribution in [-0.2, 0) is 20.0 Å². The number of rotatable bonds is 6. The van der Waals surface area contributed by atoms with Crippen molar-refractivity contribution in [1.82, 2.24) is 14.9 Å². The molecule has 0 bridgehead atoms. The normalized spacial score (nSPS) is 13.8. The Morgan fingerprint density at radius 2 is 2.20 bits per heavy atom. The van der Waals surface area contributed by atoms with Crippen LogP contribution in [0.2, 0.25) is 0 Å². The highest BCUT2D eigenvalue weighted by molar-refractivity contribution is 5.57. The van der Waals surface area contributed by atoms with Crippen molar-refractivity contribution in [2.24, 2.45) is 7.05 Å². The van der Waals surface area contributed by atoms with E-state index < -0.39 is 0 Å². The average Bonchev–Trinajstić information content (AvgIpc) is 3.06. The predicted molar refractivity (Wildman–Crippen MR) is 81.9 cm³/mol. The molecule has 1 aromatic carbocycles. The maximum atomic E-state index is 4.12. The van der Waals surface area contributed by atoms with Crippen molar-refractivity contribution >= 4 is 5.69 Å². The summed E-state index contributed by atoms with van der Waals surface area (Å²) in [7, 11) is 2.03. The Labute approximate surface area is 120 Å². The summed E-state index contributed by atoms with van der Waals surface area (Å²) < 4.78 is 2.06. The number of imidazole rings is 1. The Balaban J connectivity index is 1.40. The number of hydrogen-bond donors (Lipinski definition) is 1. The fraction of sp³-hybridized carbons (Fsp3) is 0.438. The number of aryl methyl sites for hydroxylation is 1. The summed E-state index contributed by atoms with van der Waals surface area (Å²) in [6, 6.07) is 8.76. The molecule has 106 valence electrons. The van der Waals surface area contributed by atoms with Crippen molar-refractivity contribution in [2.75, 3.05) is 24.5 Å². The van der Waals surface area contributed by atoms with E-state index in [2.05, 4.69) is 44.0 Å². The van der Waals surface area contributed by atoms with Gasteiger partial charge in [-0.3, -0.25) is 0 Å². The lowest BCUT2D eigenvalue weighted by molar-refractivity contribution is 0.618. The van der Waals surface area contributed by atoms with Gasteiger partial charge in [0, 0.05) is 38.6 Å². The lowest BCUT2D eigenvalue weighted by Gasteiger charge is -2.19. The first-order chi connectivity index (χ1) is 9.84. The zero-order valence-electron chi connectivity index (χ0n) is 12.0. The predicted octanol–water partition coefficient (Wildman–Crippen LogP) is 1.96. The molecule has 0 spiro atoms. The Hall–Kier alpha value is -1.81. The van der Waals surface area contributed by atoms with Gasteiger partial charge in [-0.05, 0) is 31.0 Å². The zero-order valence-corrected chi connectivity index (χ0v) is 12.0. The van der Waals surface area contributed by atoms with E-state index in [4.69, 9.17) is 0 Å². The van der Waals surface area contributed by atoms with Gasteiger partial charge >= 0.3 is 0 Å². The van der Waals surface area contributed by atoms with Crippen LogP contribution in [0.4, 0.5) is 5.69 Å². The van der Waals surface area contributed by atoms with Gasteiger partial charge in [0.1, 0.15) is 0 Å². The number of fused-ring (bicyclic) bond motifs is 1. The lowest BCUT2D eigenvalue weighted by atomic mass is 10.2. The summed E-state index contributed by atoms with van der Waals surface area (Å²) in [6.07, 6.45) is 6.13. The van der Waals surface area contributed by atoms with Crippen LogP contribution in [0.5, 0.6) is 0 Å². The summed E-state index contributed by atoms with van der Waals surface area (Å²) in [5, 5.41) is 3.49. The van der Waals surface area contributed by atoms with E-state index in [1.807, 2.05) is 19.6 Å². The van der Waals surface area contributed by atoms with Gasteiger partial charge in [-0.1, -0.05) is 18.2 Å². The molecular formula is C16H22N4. The Bertz CT molecular complexity index is 561. The van der Waals surface area contributed by atoms with Crippen molar-refractivity contribution in [2.45, 2.75) is 19.4 Å². The number of benzene rings is 1. The molecule has 0 saturated carbocycles. The molecule has 0 unspecified atom stereocenters. The second kappa shape index (κ2) is 6.09. The van der Waals surface area contributed by atoms with Crippen molar-refractivity contribution in [3.8, 4) is 0 Å². The summed E-state index contributed by atoms with van der Waals surface area (Å²) in [4.78, 5) is 6.62. The van der Waals surface area contributed by atoms with Crippen LogP contribution in [0.1, 0.15) is 17.7 Å². The molecule has 1 aliphatic heterocycles. The smallest absolute Gasteiger partial charge is 0.0945 e. The number of anilines is 1. The molecule has 2 aromatic rings. The minimum atomic E-state index is 0.896. The SMILES string of the molecule is Cn1cncc1CNCCCN1CCc2ccccc21. The molecule has 4 nitrogen and oxygen atoms in total. The van der Waals surface area contributed by atoms with Gasteiger partial charge in [-0.2, -0.15) is 0 Å². The topological polar surface area (TPSA) is 33.1 Å². The molecular weight excluding hydrogens is 248 g/mol. The van der Waals surface area contributed by atoms with Gasteiger partial charge in [0.25, 0.3) is 0 Å². The molecule has 20 heavy (non-hydrogen) atoms. The maximum absolute atomic E-state index is 4.12. The number of para-hydroxylation sites is 1. The molecule has 1 N–H and O–H groups in total. The van der Waals surface area contributed by atoms with Gasteiger partial charge in [0.15, 0.2) is 0 Å². The summed E-state index contributed by atoms with van der Waals surface area (Å²) in [6.45, 7) is 4.24. The molecule has 0 atom stereocenters. The Kier molecular flexibility index (Phi) is 4.02. The third-order valence-electron chi connectivity index (χ3n) is 3.99. The van der Waals surface area contributed by atoms with Gasteiger partial charge in [-0.25, -0.2) is 4.98 Å². The molecule has 0 amide bonds. The van der Waals surface area contributed by atoms with Crippen molar-refractivity contribution in [3.05, 3.63) is 48.0 Å². The minimum Gasteiger partial charge on any atom is -0.371 e. The van der Waals surface area contributed by atoms with Gasteiger partial charge in [-0.15, -0.1) is 0 Å². The van der Waals surface area contributed by atoms with E-state index in [1.54, 1.807) is 0 Å². The maximum Gasteiger partial charge on any atom is 0.0945 e. The van der Waals surface area contributed by atoms with E-state index in [9.17, 15) is 0 Å². The summed E-state index contributed by atoms with van der Waals surface area (Å²) in [5.41, 5.74) is 4.16. The molecule has 0 saturated heterocycles. The molecule has 1 aliphatic rings. The number of hydrogen-bond acceptors (Lipinski definition) is 3. The first-order valence-electron chi connectivity index (χ1n) is 7.33. The van der Waals surface area contributed by atoms with Gasteiger partial charge in [0.05, 0.1) is 12.0 Å². The first kappa shape index (κ1) is 13.2. The van der Waals surface area contributed by atoms with Crippen LogP contribution in [0.25, 0.3) is 0 Å². The van der Waals surface area contributed by atoms with Gasteiger partial charge in [0.2, 0.25) is 0 Å².